The van der Waals surface area contributed by atoms with E-state index in [1.54, 1.807) is 6.26 Å². The molecule has 7 heteroatoms. The van der Waals surface area contributed by atoms with Crippen molar-refractivity contribution in [3.63, 3.8) is 0 Å². The van der Waals surface area contributed by atoms with Crippen molar-refractivity contribution in [2.45, 2.75) is 32.2 Å². The minimum absolute atomic E-state index is 0.0697. The molecule has 138 valence electrons. The second-order valence-electron chi connectivity index (χ2n) is 6.52. The van der Waals surface area contributed by atoms with Gasteiger partial charge in [0.25, 0.3) is 0 Å². The Morgan fingerprint density at radius 2 is 1.93 bits per heavy atom. The second-order valence-corrected chi connectivity index (χ2v) is 7.49. The van der Waals surface area contributed by atoms with Crippen LogP contribution in [0.15, 0.2) is 46.0 Å². The number of hydrogen-bond acceptors (Lipinski definition) is 5. The summed E-state index contributed by atoms with van der Waals surface area (Å²) in [7, 11) is 0. The van der Waals surface area contributed by atoms with Crippen LogP contribution < -0.4 is 5.32 Å². The van der Waals surface area contributed by atoms with E-state index in [1.165, 1.54) is 11.8 Å². The minimum Gasteiger partial charge on any atom is -0.463 e. The van der Waals surface area contributed by atoms with Crippen LogP contribution in [0.3, 0.4) is 0 Å². The molecule has 6 nitrogen and oxygen atoms in total. The largest absolute Gasteiger partial charge is 0.463 e. The number of nitrogens with one attached hydrogen (secondary N) is 1. The smallest absolute Gasteiger partial charge is 0.234 e. The summed E-state index contributed by atoms with van der Waals surface area (Å²) in [6, 6.07) is 9.88. The zero-order valence-electron chi connectivity index (χ0n) is 15.4. The van der Waals surface area contributed by atoms with E-state index < -0.39 is 0 Å². The molecule has 1 aromatic carbocycles. The lowest BCUT2D eigenvalue weighted by molar-refractivity contribution is -0.113. The lowest BCUT2D eigenvalue weighted by Crippen LogP contribution is -2.14. The van der Waals surface area contributed by atoms with E-state index in [4.69, 9.17) is 4.42 Å². The van der Waals surface area contributed by atoms with Gasteiger partial charge in [0.15, 0.2) is 5.58 Å². The van der Waals surface area contributed by atoms with Crippen LogP contribution in [0.1, 0.15) is 23.9 Å². The average Bonchev–Trinajstić information content (AvgIpc) is 3.20. The zero-order valence-corrected chi connectivity index (χ0v) is 16.3. The number of anilines is 1. The molecular formula is C20H20N4O2S. The van der Waals surface area contributed by atoms with Crippen molar-refractivity contribution in [2.75, 3.05) is 11.1 Å². The number of amides is 1. The Labute approximate surface area is 161 Å². The maximum atomic E-state index is 12.4. The number of rotatable bonds is 5. The van der Waals surface area contributed by atoms with Gasteiger partial charge in [-0.15, -0.1) is 10.2 Å². The number of thioether (sulfide) groups is 1. The lowest BCUT2D eigenvalue weighted by Gasteiger charge is -2.09. The van der Waals surface area contributed by atoms with Crippen LogP contribution in [0, 0.1) is 13.8 Å². The van der Waals surface area contributed by atoms with Gasteiger partial charge in [0.05, 0.1) is 23.0 Å². The molecule has 0 spiro atoms. The number of aromatic nitrogens is 3. The quantitative estimate of drug-likeness (QED) is 0.520. The van der Waals surface area contributed by atoms with Crippen LogP contribution in [-0.4, -0.2) is 26.3 Å². The molecule has 0 radical (unpaired) electrons. The maximum absolute atomic E-state index is 12.4. The van der Waals surface area contributed by atoms with Crippen molar-refractivity contribution >= 4 is 40.0 Å². The SMILES string of the molecule is CCc1nnc(SCC(=O)Nc2cc(C)cc(C)c2)c2cc3occc3n12. The fraction of sp³-hybridized carbons (Fsp3) is 0.250. The van der Waals surface area contributed by atoms with Crippen molar-refractivity contribution in [3.8, 4) is 0 Å². The third-order valence-corrected chi connectivity index (χ3v) is 5.29. The van der Waals surface area contributed by atoms with E-state index in [0.717, 1.165) is 45.7 Å². The monoisotopic (exact) mass is 380 g/mol. The van der Waals surface area contributed by atoms with Crippen LogP contribution in [0.25, 0.3) is 16.6 Å². The Bertz CT molecular complexity index is 1130. The summed E-state index contributed by atoms with van der Waals surface area (Å²) in [4.78, 5) is 12.4. The van der Waals surface area contributed by atoms with Gasteiger partial charge in [-0.3, -0.25) is 9.20 Å². The van der Waals surface area contributed by atoms with Crippen LogP contribution >= 0.6 is 11.8 Å². The van der Waals surface area contributed by atoms with E-state index in [-0.39, 0.29) is 11.7 Å². The van der Waals surface area contributed by atoms with E-state index >= 15 is 0 Å². The number of fused-ring (bicyclic) bond motifs is 3. The predicted molar refractivity (Wildman–Crippen MR) is 107 cm³/mol. The number of aryl methyl sites for hydroxylation is 3. The van der Waals surface area contributed by atoms with Gasteiger partial charge in [0.1, 0.15) is 10.9 Å². The summed E-state index contributed by atoms with van der Waals surface area (Å²) in [5, 5.41) is 12.3. The highest BCUT2D eigenvalue weighted by Crippen LogP contribution is 2.29. The Balaban J connectivity index is 1.56. The first-order valence-corrected chi connectivity index (χ1v) is 9.79. The van der Waals surface area contributed by atoms with Crippen LogP contribution in [0.2, 0.25) is 0 Å². The standard InChI is InChI=1S/C20H20N4O2S/c1-4-18-22-23-20(16-10-17-15(24(16)18)5-6-26-17)27-11-19(25)21-14-8-12(2)7-13(3)9-14/h5-10H,4,11H2,1-3H3,(H,21,25). The molecule has 1 amide bonds. The van der Waals surface area contributed by atoms with E-state index in [0.29, 0.717) is 5.03 Å². The molecule has 0 aliphatic heterocycles. The third kappa shape index (κ3) is 3.42. The van der Waals surface area contributed by atoms with Gasteiger partial charge in [-0.25, -0.2) is 0 Å². The van der Waals surface area contributed by atoms with Crippen LogP contribution in [-0.2, 0) is 11.2 Å². The van der Waals surface area contributed by atoms with Gasteiger partial charge >= 0.3 is 0 Å². The maximum Gasteiger partial charge on any atom is 0.234 e. The van der Waals surface area contributed by atoms with E-state index in [1.807, 2.05) is 45.0 Å². The molecule has 0 fully saturated rings. The molecule has 4 aromatic rings. The summed E-state index contributed by atoms with van der Waals surface area (Å²) >= 11 is 1.38. The number of furan rings is 1. The van der Waals surface area contributed by atoms with Gasteiger partial charge in [-0.05, 0) is 37.1 Å². The highest BCUT2D eigenvalue weighted by atomic mass is 32.2. The van der Waals surface area contributed by atoms with Crippen molar-refractivity contribution in [1.29, 1.82) is 0 Å². The molecule has 0 bridgehead atoms. The van der Waals surface area contributed by atoms with Gasteiger partial charge in [-0.2, -0.15) is 0 Å². The number of benzene rings is 1. The number of carbonyl (C=O) groups is 1. The Hall–Kier alpha value is -2.80. The molecule has 3 heterocycles. The average molecular weight is 380 g/mol. The van der Waals surface area contributed by atoms with E-state index in [2.05, 4.69) is 26.0 Å². The molecule has 0 aliphatic rings. The Morgan fingerprint density at radius 3 is 2.67 bits per heavy atom. The predicted octanol–water partition coefficient (Wildman–Crippen LogP) is 4.39. The summed E-state index contributed by atoms with van der Waals surface area (Å²) in [6.45, 7) is 6.07. The first-order chi connectivity index (χ1) is 13.0. The highest BCUT2D eigenvalue weighted by molar-refractivity contribution is 8.00. The van der Waals surface area contributed by atoms with E-state index in [9.17, 15) is 4.79 Å². The van der Waals surface area contributed by atoms with Crippen molar-refractivity contribution in [1.82, 2.24) is 14.6 Å². The van der Waals surface area contributed by atoms with Crippen molar-refractivity contribution in [2.24, 2.45) is 0 Å². The van der Waals surface area contributed by atoms with Gasteiger partial charge in [-0.1, -0.05) is 24.8 Å². The lowest BCUT2D eigenvalue weighted by atomic mass is 10.1. The summed E-state index contributed by atoms with van der Waals surface area (Å²) in [5.74, 6) is 1.06. The summed E-state index contributed by atoms with van der Waals surface area (Å²) in [5.41, 5.74) is 5.74. The van der Waals surface area contributed by atoms with Crippen LogP contribution in [0.4, 0.5) is 5.69 Å². The zero-order chi connectivity index (χ0) is 19.0. The molecule has 0 atom stereocenters. The third-order valence-electron chi connectivity index (χ3n) is 4.32. The number of carbonyl (C=O) groups excluding carboxylic acids is 1. The number of nitrogens with zero attached hydrogens (tertiary/aromatic N) is 3. The van der Waals surface area contributed by atoms with Crippen molar-refractivity contribution < 1.29 is 9.21 Å². The second kappa shape index (κ2) is 7.08. The van der Waals surface area contributed by atoms with Gasteiger partial charge in [0.2, 0.25) is 5.91 Å². The fourth-order valence-corrected chi connectivity index (χ4v) is 4.01. The molecular weight excluding hydrogens is 360 g/mol. The summed E-state index contributed by atoms with van der Waals surface area (Å²) in [6.07, 6.45) is 2.43. The van der Waals surface area contributed by atoms with Gasteiger partial charge in [0, 0.05) is 24.2 Å². The molecule has 1 N–H and O–H groups in total. The Kier molecular flexibility index (Phi) is 4.61. The first kappa shape index (κ1) is 17.6. The molecule has 4 rings (SSSR count). The Morgan fingerprint density at radius 1 is 1.15 bits per heavy atom. The first-order valence-electron chi connectivity index (χ1n) is 8.80. The molecule has 3 aromatic heterocycles. The van der Waals surface area contributed by atoms with Gasteiger partial charge < -0.3 is 9.73 Å². The van der Waals surface area contributed by atoms with Crippen LogP contribution in [0.5, 0.6) is 0 Å². The topological polar surface area (TPSA) is 72.4 Å². The highest BCUT2D eigenvalue weighted by Gasteiger charge is 2.16. The molecule has 0 saturated heterocycles. The minimum atomic E-state index is -0.0697. The molecule has 0 aliphatic carbocycles. The van der Waals surface area contributed by atoms with Crippen molar-refractivity contribution in [3.05, 3.63) is 53.5 Å². The fourth-order valence-electron chi connectivity index (χ4n) is 3.27. The summed E-state index contributed by atoms with van der Waals surface area (Å²) < 4.78 is 7.57. The molecule has 0 saturated carbocycles. The molecule has 27 heavy (non-hydrogen) atoms. The molecule has 0 unspecified atom stereocenters. The number of hydrogen-bond donors (Lipinski definition) is 1. The normalized spacial score (nSPS) is 11.4.